The van der Waals surface area contributed by atoms with Crippen LogP contribution in [0.1, 0.15) is 20.3 Å². The molecule has 1 aliphatic carbocycles. The molecule has 0 saturated carbocycles. The van der Waals surface area contributed by atoms with E-state index in [1.54, 1.807) is 35.9 Å². The van der Waals surface area contributed by atoms with Crippen LogP contribution in [0.25, 0.3) is 23.1 Å². The molecule has 2 aromatic rings. The van der Waals surface area contributed by atoms with Crippen molar-refractivity contribution in [1.82, 2.24) is 4.57 Å². The maximum Gasteiger partial charge on any atom is 0.235 e. The normalized spacial score (nSPS) is 16.9. The molecule has 1 aromatic carbocycles. The Bertz CT molecular complexity index is 1090. The van der Waals surface area contributed by atoms with E-state index in [9.17, 15) is 19.5 Å². The summed E-state index contributed by atoms with van der Waals surface area (Å²) in [6.07, 6.45) is 3.70. The number of hydrogen-bond acceptors (Lipinski definition) is 4. The first-order chi connectivity index (χ1) is 11.2. The SMILES string of the molecule is Cn1c2c(c(=O)c(=O)c3ccccc31)=CC(C(=O)C(C)(C)O)CC=2. The van der Waals surface area contributed by atoms with Crippen LogP contribution in [0.3, 0.4) is 0 Å². The largest absolute Gasteiger partial charge is 0.383 e. The first-order valence-electron chi connectivity index (χ1n) is 7.82. The highest BCUT2D eigenvalue weighted by Gasteiger charge is 2.30. The fourth-order valence-corrected chi connectivity index (χ4v) is 3.18. The molecule has 0 fully saturated rings. The molecular formula is C19H19NO4. The first-order valence-corrected chi connectivity index (χ1v) is 7.82. The van der Waals surface area contributed by atoms with Gasteiger partial charge in [0.1, 0.15) is 5.60 Å². The van der Waals surface area contributed by atoms with Gasteiger partial charge in [-0.3, -0.25) is 14.4 Å². The van der Waals surface area contributed by atoms with Crippen molar-refractivity contribution in [2.45, 2.75) is 25.9 Å². The van der Waals surface area contributed by atoms with Crippen molar-refractivity contribution in [3.05, 3.63) is 55.3 Å². The van der Waals surface area contributed by atoms with Crippen molar-refractivity contribution < 1.29 is 9.90 Å². The lowest BCUT2D eigenvalue weighted by molar-refractivity contribution is -0.136. The third-order valence-electron chi connectivity index (χ3n) is 4.47. The molecule has 0 bridgehead atoms. The van der Waals surface area contributed by atoms with E-state index >= 15 is 0 Å². The lowest BCUT2D eigenvalue weighted by Gasteiger charge is -2.21. The molecule has 1 aromatic heterocycles. The van der Waals surface area contributed by atoms with Crippen LogP contribution in [0.5, 0.6) is 0 Å². The zero-order chi connectivity index (χ0) is 17.6. The summed E-state index contributed by atoms with van der Waals surface area (Å²) >= 11 is 0. The van der Waals surface area contributed by atoms with Crippen LogP contribution in [0, 0.1) is 5.92 Å². The van der Waals surface area contributed by atoms with Gasteiger partial charge in [-0.1, -0.05) is 24.3 Å². The molecule has 0 aliphatic heterocycles. The van der Waals surface area contributed by atoms with Gasteiger partial charge in [0, 0.05) is 28.9 Å². The smallest absolute Gasteiger partial charge is 0.235 e. The van der Waals surface area contributed by atoms with Gasteiger partial charge < -0.3 is 9.67 Å². The number of aromatic nitrogens is 1. The van der Waals surface area contributed by atoms with E-state index in [4.69, 9.17) is 0 Å². The third-order valence-corrected chi connectivity index (χ3v) is 4.47. The number of aliphatic hydroxyl groups is 1. The van der Waals surface area contributed by atoms with E-state index in [0.29, 0.717) is 22.7 Å². The van der Waals surface area contributed by atoms with Crippen molar-refractivity contribution in [1.29, 1.82) is 0 Å². The Kier molecular flexibility index (Phi) is 3.76. The Morgan fingerprint density at radius 3 is 2.54 bits per heavy atom. The van der Waals surface area contributed by atoms with E-state index in [2.05, 4.69) is 0 Å². The van der Waals surface area contributed by atoms with Gasteiger partial charge in [-0.15, -0.1) is 0 Å². The van der Waals surface area contributed by atoms with Crippen LogP contribution in [0.15, 0.2) is 33.9 Å². The summed E-state index contributed by atoms with van der Waals surface area (Å²) in [7, 11) is 1.79. The van der Waals surface area contributed by atoms with E-state index in [-0.39, 0.29) is 11.0 Å². The summed E-state index contributed by atoms with van der Waals surface area (Å²) in [5.41, 5.74) is -2.02. The van der Waals surface area contributed by atoms with E-state index in [1.165, 1.54) is 19.9 Å². The lowest BCUT2D eigenvalue weighted by Crippen LogP contribution is -2.49. The van der Waals surface area contributed by atoms with Crippen LogP contribution in [0.4, 0.5) is 0 Å². The summed E-state index contributed by atoms with van der Waals surface area (Å²) in [5.74, 6) is -0.981. The van der Waals surface area contributed by atoms with Crippen molar-refractivity contribution in [3.63, 3.8) is 0 Å². The minimum absolute atomic E-state index is 0.229. The molecule has 1 atom stereocenters. The zero-order valence-electron chi connectivity index (χ0n) is 13.9. The number of Topliss-reactive ketones (excluding diaryl/α,β-unsaturated/α-hetero) is 1. The second-order valence-corrected chi connectivity index (χ2v) is 6.67. The van der Waals surface area contributed by atoms with Crippen molar-refractivity contribution in [3.8, 4) is 0 Å². The number of ketones is 1. The number of fused-ring (bicyclic) bond motifs is 2. The highest BCUT2D eigenvalue weighted by atomic mass is 16.3. The van der Waals surface area contributed by atoms with Crippen molar-refractivity contribution in [2.75, 3.05) is 0 Å². The second kappa shape index (κ2) is 5.53. The Morgan fingerprint density at radius 1 is 1.21 bits per heavy atom. The second-order valence-electron chi connectivity index (χ2n) is 6.67. The molecule has 1 heterocycles. The molecule has 5 heteroatoms. The van der Waals surface area contributed by atoms with Crippen LogP contribution >= 0.6 is 0 Å². The molecule has 124 valence electrons. The maximum absolute atomic E-state index is 12.6. The zero-order valence-corrected chi connectivity index (χ0v) is 13.9. The molecule has 3 rings (SSSR count). The number of carbonyl (C=O) groups excluding carboxylic acids is 1. The van der Waals surface area contributed by atoms with Crippen molar-refractivity contribution in [2.24, 2.45) is 13.0 Å². The minimum Gasteiger partial charge on any atom is -0.383 e. The summed E-state index contributed by atoms with van der Waals surface area (Å²) < 4.78 is 1.80. The lowest BCUT2D eigenvalue weighted by atomic mass is 9.87. The average molecular weight is 325 g/mol. The van der Waals surface area contributed by atoms with Gasteiger partial charge in [0.15, 0.2) is 5.78 Å². The molecule has 0 saturated heterocycles. The van der Waals surface area contributed by atoms with Gasteiger partial charge in [-0.25, -0.2) is 0 Å². The van der Waals surface area contributed by atoms with Gasteiger partial charge in [-0.05, 0) is 32.4 Å². The van der Waals surface area contributed by atoms with Gasteiger partial charge in [0.2, 0.25) is 10.9 Å². The summed E-state index contributed by atoms with van der Waals surface area (Å²) in [6, 6.07) is 6.95. The van der Waals surface area contributed by atoms with Gasteiger partial charge in [0.25, 0.3) is 0 Å². The molecule has 0 radical (unpaired) electrons. The van der Waals surface area contributed by atoms with Crippen LogP contribution in [-0.2, 0) is 11.8 Å². The topological polar surface area (TPSA) is 76.4 Å². The van der Waals surface area contributed by atoms with E-state index in [0.717, 1.165) is 0 Å². The van der Waals surface area contributed by atoms with E-state index in [1.807, 2.05) is 6.07 Å². The minimum atomic E-state index is -1.49. The fourth-order valence-electron chi connectivity index (χ4n) is 3.18. The summed E-state index contributed by atoms with van der Waals surface area (Å²) in [6.45, 7) is 2.85. The molecular weight excluding hydrogens is 306 g/mol. The predicted octanol–water partition coefficient (Wildman–Crippen LogP) is -0.180. The van der Waals surface area contributed by atoms with Gasteiger partial charge in [0.05, 0.1) is 5.52 Å². The number of benzene rings is 1. The molecule has 24 heavy (non-hydrogen) atoms. The van der Waals surface area contributed by atoms with Crippen molar-refractivity contribution >= 4 is 28.8 Å². The molecule has 1 aliphatic rings. The number of nitrogens with zero attached hydrogens (tertiary/aromatic N) is 1. The Hall–Kier alpha value is -2.53. The first kappa shape index (κ1) is 16.3. The van der Waals surface area contributed by atoms with Gasteiger partial charge in [-0.2, -0.15) is 0 Å². The van der Waals surface area contributed by atoms with Crippen LogP contribution in [-0.4, -0.2) is 21.1 Å². The molecule has 5 nitrogen and oxygen atoms in total. The monoisotopic (exact) mass is 325 g/mol. The van der Waals surface area contributed by atoms with Crippen LogP contribution in [0.2, 0.25) is 0 Å². The number of aryl methyl sites for hydroxylation is 1. The third kappa shape index (κ3) is 2.51. The Labute approximate surface area is 138 Å². The molecule has 1 N–H and O–H groups in total. The highest BCUT2D eigenvalue weighted by Crippen LogP contribution is 2.17. The van der Waals surface area contributed by atoms with E-state index < -0.39 is 22.4 Å². The summed E-state index contributed by atoms with van der Waals surface area (Å²) in [4.78, 5) is 37.5. The standard InChI is InChI=1S/C19H19NO4/c1-19(2,24)18(23)11-8-9-15-13(10-11)17(22)16(21)12-6-4-5-7-14(12)20(15)3/h4-7,9-11,24H,8H2,1-3H3. The van der Waals surface area contributed by atoms with Crippen LogP contribution < -0.4 is 21.4 Å². The maximum atomic E-state index is 12.6. The number of para-hydroxylation sites is 1. The average Bonchev–Trinajstić information content (AvgIpc) is 2.64. The fraction of sp³-hybridized carbons (Fsp3) is 0.316. The Balaban J connectivity index is 2.45. The number of carbonyl (C=O) groups is 1. The number of hydrogen-bond donors (Lipinski definition) is 1. The Morgan fingerprint density at radius 2 is 1.88 bits per heavy atom. The predicted molar refractivity (Wildman–Crippen MR) is 93.1 cm³/mol. The highest BCUT2D eigenvalue weighted by molar-refractivity contribution is 5.93. The quantitative estimate of drug-likeness (QED) is 0.777. The molecule has 0 amide bonds. The van der Waals surface area contributed by atoms with Gasteiger partial charge >= 0.3 is 0 Å². The summed E-state index contributed by atoms with van der Waals surface area (Å²) in [5, 5.41) is 11.1. The number of rotatable bonds is 2. The molecule has 1 unspecified atom stereocenters. The molecule has 0 spiro atoms.